The van der Waals surface area contributed by atoms with E-state index >= 15 is 0 Å². The summed E-state index contributed by atoms with van der Waals surface area (Å²) in [7, 11) is -4.38. The zero-order valence-electron chi connectivity index (χ0n) is 12.0. The van der Waals surface area contributed by atoms with Crippen LogP contribution in [0.2, 0.25) is 0 Å². The second kappa shape index (κ2) is 6.49. The average molecular weight is 346 g/mol. The molecule has 8 heteroatoms. The summed E-state index contributed by atoms with van der Waals surface area (Å²) in [5, 5.41) is 0. The maximum absolute atomic E-state index is 12.9. The summed E-state index contributed by atoms with van der Waals surface area (Å²) in [6.07, 6.45) is -4.72. The van der Waals surface area contributed by atoms with Crippen LogP contribution in [0.1, 0.15) is 12.5 Å². The number of halogens is 3. The maximum atomic E-state index is 12.9. The van der Waals surface area contributed by atoms with Gasteiger partial charge in [0.1, 0.15) is 10.6 Å². The summed E-state index contributed by atoms with van der Waals surface area (Å²) in [4.78, 5) is -0.266. The molecule has 2 rings (SSSR count). The van der Waals surface area contributed by atoms with E-state index in [1.54, 1.807) is 6.92 Å². The lowest BCUT2D eigenvalue weighted by Gasteiger charge is -2.13. The minimum absolute atomic E-state index is 0.266. The molecule has 0 N–H and O–H groups in total. The molecule has 0 saturated heterocycles. The van der Waals surface area contributed by atoms with E-state index in [9.17, 15) is 21.6 Å². The van der Waals surface area contributed by atoms with Crippen molar-refractivity contribution >= 4 is 10.1 Å². The largest absolute Gasteiger partial charge is 0.494 e. The highest BCUT2D eigenvalue weighted by molar-refractivity contribution is 7.87. The second-order valence-electron chi connectivity index (χ2n) is 4.44. The predicted octanol–water partition coefficient (Wildman–Crippen LogP) is 3.87. The van der Waals surface area contributed by atoms with E-state index in [0.717, 1.165) is 18.2 Å². The first-order valence-corrected chi connectivity index (χ1v) is 7.98. The Morgan fingerprint density at radius 3 is 2.17 bits per heavy atom. The number of hydrogen-bond acceptors (Lipinski definition) is 4. The second-order valence-corrected chi connectivity index (χ2v) is 5.98. The summed E-state index contributed by atoms with van der Waals surface area (Å²) in [6, 6.07) is 9.33. The van der Waals surface area contributed by atoms with Gasteiger partial charge in [-0.15, -0.1) is 0 Å². The van der Waals surface area contributed by atoms with Crippen LogP contribution in [-0.2, 0) is 16.3 Å². The first kappa shape index (κ1) is 17.1. The molecule has 4 nitrogen and oxygen atoms in total. The number of benzene rings is 2. The number of alkyl halides is 3. The summed E-state index contributed by atoms with van der Waals surface area (Å²) in [5.74, 6) is -0.323. The third-order valence-electron chi connectivity index (χ3n) is 2.82. The molecule has 0 bridgehead atoms. The molecule has 0 saturated carbocycles. The van der Waals surface area contributed by atoms with Crippen molar-refractivity contribution in [3.05, 3.63) is 54.1 Å². The molecule has 0 aromatic heterocycles. The normalized spacial score (nSPS) is 12.0. The standard InChI is InChI=1S/C15H13F3O4S/c1-2-21-11-7-9-12(10-8-11)23(19,20)22-14-6-4-3-5-13(14)15(16,17)18/h3-10H,2H2,1H3. The first-order valence-electron chi connectivity index (χ1n) is 6.57. The minimum atomic E-state index is -4.72. The molecule has 0 fully saturated rings. The van der Waals surface area contributed by atoms with E-state index in [-0.39, 0.29) is 4.90 Å². The molecule has 0 aliphatic heterocycles. The summed E-state index contributed by atoms with van der Waals surface area (Å²) >= 11 is 0. The van der Waals surface area contributed by atoms with E-state index in [1.165, 1.54) is 30.3 Å². The smallest absolute Gasteiger partial charge is 0.420 e. The summed E-state index contributed by atoms with van der Waals surface area (Å²) in [5.41, 5.74) is -1.16. The molecule has 0 amide bonds. The molecule has 2 aromatic carbocycles. The van der Waals surface area contributed by atoms with E-state index in [2.05, 4.69) is 4.18 Å². The van der Waals surface area contributed by atoms with Crippen LogP contribution >= 0.6 is 0 Å². The highest BCUT2D eigenvalue weighted by Crippen LogP contribution is 2.37. The molecular formula is C15H13F3O4S. The first-order chi connectivity index (χ1) is 10.7. The predicted molar refractivity (Wildman–Crippen MR) is 76.9 cm³/mol. The van der Waals surface area contributed by atoms with Crippen molar-refractivity contribution in [1.82, 2.24) is 0 Å². The molecule has 124 valence electrons. The molecule has 23 heavy (non-hydrogen) atoms. The Labute approximate surface area is 131 Å². The van der Waals surface area contributed by atoms with Gasteiger partial charge in [-0.3, -0.25) is 0 Å². The Balaban J connectivity index is 2.32. The van der Waals surface area contributed by atoms with Crippen molar-refractivity contribution in [3.63, 3.8) is 0 Å². The Morgan fingerprint density at radius 1 is 1.00 bits per heavy atom. The zero-order chi connectivity index (χ0) is 17.1. The van der Waals surface area contributed by atoms with E-state index in [1.807, 2.05) is 0 Å². The van der Waals surface area contributed by atoms with Crippen LogP contribution in [-0.4, -0.2) is 15.0 Å². The van der Waals surface area contributed by atoms with Crippen molar-refractivity contribution in [2.75, 3.05) is 6.61 Å². The van der Waals surface area contributed by atoms with Gasteiger partial charge in [-0.25, -0.2) is 0 Å². The van der Waals surface area contributed by atoms with Crippen molar-refractivity contribution in [1.29, 1.82) is 0 Å². The van der Waals surface area contributed by atoms with Crippen LogP contribution in [0.25, 0.3) is 0 Å². The summed E-state index contributed by atoms with van der Waals surface area (Å²) < 4.78 is 72.7. The Bertz CT molecular complexity index is 768. The van der Waals surface area contributed by atoms with Gasteiger partial charge < -0.3 is 8.92 Å². The monoisotopic (exact) mass is 346 g/mol. The van der Waals surface area contributed by atoms with Gasteiger partial charge in [-0.05, 0) is 43.3 Å². The number of rotatable bonds is 5. The van der Waals surface area contributed by atoms with E-state index < -0.39 is 27.6 Å². The Morgan fingerprint density at radius 2 is 1.61 bits per heavy atom. The van der Waals surface area contributed by atoms with Gasteiger partial charge in [-0.2, -0.15) is 21.6 Å². The van der Waals surface area contributed by atoms with Crippen LogP contribution in [0, 0.1) is 0 Å². The van der Waals surface area contributed by atoms with Gasteiger partial charge in [0.05, 0.1) is 12.2 Å². The van der Waals surface area contributed by atoms with Gasteiger partial charge in [0.15, 0.2) is 5.75 Å². The SMILES string of the molecule is CCOc1ccc(S(=O)(=O)Oc2ccccc2C(F)(F)F)cc1. The van der Waals surface area contributed by atoms with Crippen molar-refractivity contribution in [2.24, 2.45) is 0 Å². The lowest BCUT2D eigenvalue weighted by atomic mass is 10.2. The summed E-state index contributed by atoms with van der Waals surface area (Å²) in [6.45, 7) is 2.17. The highest BCUT2D eigenvalue weighted by Gasteiger charge is 2.35. The Hall–Kier alpha value is -2.22. The highest BCUT2D eigenvalue weighted by atomic mass is 32.2. The number of hydrogen-bond donors (Lipinski definition) is 0. The zero-order valence-corrected chi connectivity index (χ0v) is 12.8. The van der Waals surface area contributed by atoms with Crippen LogP contribution in [0.3, 0.4) is 0 Å². The van der Waals surface area contributed by atoms with E-state index in [0.29, 0.717) is 12.4 Å². The average Bonchev–Trinajstić information content (AvgIpc) is 2.47. The third kappa shape index (κ3) is 4.16. The van der Waals surface area contributed by atoms with Gasteiger partial charge in [0.25, 0.3) is 0 Å². The van der Waals surface area contributed by atoms with Crippen molar-refractivity contribution in [2.45, 2.75) is 18.0 Å². The number of ether oxygens (including phenoxy) is 1. The molecule has 0 aliphatic rings. The van der Waals surface area contributed by atoms with Crippen LogP contribution in [0.15, 0.2) is 53.4 Å². The molecular weight excluding hydrogens is 333 g/mol. The Kier molecular flexibility index (Phi) is 4.84. The molecule has 2 aromatic rings. The molecule has 0 heterocycles. The minimum Gasteiger partial charge on any atom is -0.494 e. The van der Waals surface area contributed by atoms with Crippen molar-refractivity contribution < 1.29 is 30.5 Å². The molecule has 0 aliphatic carbocycles. The van der Waals surface area contributed by atoms with Crippen LogP contribution in [0.5, 0.6) is 11.5 Å². The van der Waals surface area contributed by atoms with Crippen LogP contribution < -0.4 is 8.92 Å². The fraction of sp³-hybridized carbons (Fsp3) is 0.200. The van der Waals surface area contributed by atoms with Gasteiger partial charge in [0, 0.05) is 0 Å². The molecule has 0 spiro atoms. The topological polar surface area (TPSA) is 52.6 Å². The van der Waals surface area contributed by atoms with Gasteiger partial charge >= 0.3 is 16.3 Å². The van der Waals surface area contributed by atoms with Gasteiger partial charge in [-0.1, -0.05) is 12.1 Å². The maximum Gasteiger partial charge on any atom is 0.420 e. The molecule has 0 unspecified atom stereocenters. The lowest BCUT2D eigenvalue weighted by Crippen LogP contribution is -2.14. The number of para-hydroxylation sites is 1. The van der Waals surface area contributed by atoms with Gasteiger partial charge in [0.2, 0.25) is 0 Å². The van der Waals surface area contributed by atoms with E-state index in [4.69, 9.17) is 4.74 Å². The fourth-order valence-electron chi connectivity index (χ4n) is 1.81. The lowest BCUT2D eigenvalue weighted by molar-refractivity contribution is -0.138. The third-order valence-corrected chi connectivity index (χ3v) is 4.06. The molecule has 0 radical (unpaired) electrons. The van der Waals surface area contributed by atoms with Crippen molar-refractivity contribution in [3.8, 4) is 11.5 Å². The molecule has 0 atom stereocenters. The fourth-order valence-corrected chi connectivity index (χ4v) is 2.76. The van der Waals surface area contributed by atoms with Crippen LogP contribution in [0.4, 0.5) is 13.2 Å². The quantitative estimate of drug-likeness (QED) is 0.771.